The Hall–Kier alpha value is -3.42. The van der Waals surface area contributed by atoms with Gasteiger partial charge in [-0.05, 0) is 29.0 Å². The van der Waals surface area contributed by atoms with E-state index in [4.69, 9.17) is 10.2 Å². The summed E-state index contributed by atoms with van der Waals surface area (Å²) in [5.41, 5.74) is 7.74. The number of tetrazole rings is 1. The van der Waals surface area contributed by atoms with Crippen molar-refractivity contribution in [3.05, 3.63) is 65.4 Å². The van der Waals surface area contributed by atoms with Crippen molar-refractivity contribution in [2.45, 2.75) is 6.42 Å². The zero-order valence-corrected chi connectivity index (χ0v) is 11.9. The van der Waals surface area contributed by atoms with Gasteiger partial charge in [-0.15, -0.1) is 10.2 Å². The van der Waals surface area contributed by atoms with Gasteiger partial charge in [0.1, 0.15) is 17.8 Å². The van der Waals surface area contributed by atoms with Crippen LogP contribution >= 0.6 is 0 Å². The molecule has 0 amide bonds. The number of rotatable bonds is 5. The topological polar surface area (TPSA) is 131 Å². The predicted octanol–water partition coefficient (Wildman–Crippen LogP) is 1.75. The third-order valence-electron chi connectivity index (χ3n) is 3.14. The Kier molecular flexibility index (Phi) is 3.88. The Morgan fingerprint density at radius 2 is 2.13 bits per heavy atom. The Balaban J connectivity index is 1.73. The van der Waals surface area contributed by atoms with E-state index in [0.29, 0.717) is 23.4 Å². The van der Waals surface area contributed by atoms with Crippen LogP contribution in [0.3, 0.4) is 0 Å². The number of nitrogens with one attached hydrogen (secondary N) is 1. The number of ketones is 1. The average molecular weight is 311 g/mol. The molecular formula is C15H13N5O3. The first-order valence-electron chi connectivity index (χ1n) is 6.72. The van der Waals surface area contributed by atoms with E-state index in [1.54, 1.807) is 18.2 Å². The SMILES string of the molecule is Nc1ccc(Cc2cc(C(O)=CC(=O)c3nn[nH]n3)co2)cc1. The number of carbonyl (C=O) groups is 1. The molecule has 0 fully saturated rings. The van der Waals surface area contributed by atoms with Gasteiger partial charge in [-0.3, -0.25) is 4.79 Å². The molecule has 116 valence electrons. The fourth-order valence-corrected chi connectivity index (χ4v) is 1.98. The van der Waals surface area contributed by atoms with E-state index in [9.17, 15) is 9.90 Å². The molecule has 23 heavy (non-hydrogen) atoms. The molecule has 0 radical (unpaired) electrons. The van der Waals surface area contributed by atoms with E-state index in [-0.39, 0.29) is 11.6 Å². The fourth-order valence-electron chi connectivity index (χ4n) is 1.98. The first-order chi connectivity index (χ1) is 11.1. The maximum Gasteiger partial charge on any atom is 0.244 e. The summed E-state index contributed by atoms with van der Waals surface area (Å²) in [4.78, 5) is 11.8. The Morgan fingerprint density at radius 3 is 2.83 bits per heavy atom. The smallest absolute Gasteiger partial charge is 0.244 e. The number of furan rings is 1. The molecule has 8 nitrogen and oxygen atoms in total. The molecule has 0 unspecified atom stereocenters. The lowest BCUT2D eigenvalue weighted by atomic mass is 10.1. The van der Waals surface area contributed by atoms with Crippen LogP contribution in [0.25, 0.3) is 5.76 Å². The Bertz CT molecular complexity index is 834. The molecule has 0 saturated carbocycles. The largest absolute Gasteiger partial charge is 0.507 e. The van der Waals surface area contributed by atoms with E-state index >= 15 is 0 Å². The maximum absolute atomic E-state index is 11.8. The van der Waals surface area contributed by atoms with Gasteiger partial charge in [-0.1, -0.05) is 12.1 Å². The number of aliphatic hydroxyl groups is 1. The lowest BCUT2D eigenvalue weighted by Gasteiger charge is -1.98. The van der Waals surface area contributed by atoms with Crippen LogP contribution in [0.15, 0.2) is 47.1 Å². The van der Waals surface area contributed by atoms with E-state index < -0.39 is 5.78 Å². The van der Waals surface area contributed by atoms with Gasteiger partial charge in [0.2, 0.25) is 11.6 Å². The Labute approximate surface area is 130 Å². The molecule has 3 aromatic rings. The van der Waals surface area contributed by atoms with Crippen LogP contribution in [-0.2, 0) is 6.42 Å². The van der Waals surface area contributed by atoms with Crippen LogP contribution < -0.4 is 5.73 Å². The minimum absolute atomic E-state index is 0.123. The third-order valence-corrected chi connectivity index (χ3v) is 3.14. The number of aromatic amines is 1. The number of nitrogens with zero attached hydrogens (tertiary/aromatic N) is 3. The highest BCUT2D eigenvalue weighted by Crippen LogP contribution is 2.19. The van der Waals surface area contributed by atoms with Crippen molar-refractivity contribution in [1.29, 1.82) is 0 Å². The molecule has 0 spiro atoms. The van der Waals surface area contributed by atoms with E-state index in [1.807, 2.05) is 12.1 Å². The Morgan fingerprint density at radius 1 is 1.35 bits per heavy atom. The molecule has 2 heterocycles. The predicted molar refractivity (Wildman–Crippen MR) is 81.5 cm³/mol. The van der Waals surface area contributed by atoms with Crippen molar-refractivity contribution in [3.8, 4) is 0 Å². The second-order valence-corrected chi connectivity index (χ2v) is 4.85. The number of aliphatic hydroxyl groups excluding tert-OH is 1. The number of benzene rings is 1. The highest BCUT2D eigenvalue weighted by molar-refractivity contribution is 6.05. The molecule has 4 N–H and O–H groups in total. The summed E-state index contributed by atoms with van der Waals surface area (Å²) >= 11 is 0. The minimum Gasteiger partial charge on any atom is -0.507 e. The van der Waals surface area contributed by atoms with Gasteiger partial charge in [0.15, 0.2) is 0 Å². The van der Waals surface area contributed by atoms with Crippen LogP contribution in [0.5, 0.6) is 0 Å². The molecule has 2 aromatic heterocycles. The van der Waals surface area contributed by atoms with E-state index in [1.165, 1.54) is 6.26 Å². The van der Waals surface area contributed by atoms with Crippen molar-refractivity contribution in [2.24, 2.45) is 0 Å². The van der Waals surface area contributed by atoms with Crippen molar-refractivity contribution < 1.29 is 14.3 Å². The van der Waals surface area contributed by atoms with Crippen molar-refractivity contribution >= 4 is 17.2 Å². The molecule has 8 heteroatoms. The molecule has 1 aromatic carbocycles. The fraction of sp³-hybridized carbons (Fsp3) is 0.0667. The van der Waals surface area contributed by atoms with Crippen molar-refractivity contribution in [2.75, 3.05) is 5.73 Å². The summed E-state index contributed by atoms with van der Waals surface area (Å²) in [5.74, 6) is -0.261. The van der Waals surface area contributed by atoms with Crippen LogP contribution in [0.4, 0.5) is 5.69 Å². The first kappa shape index (κ1) is 14.5. The van der Waals surface area contributed by atoms with Crippen LogP contribution in [-0.4, -0.2) is 31.5 Å². The number of hydrogen-bond acceptors (Lipinski definition) is 7. The molecular weight excluding hydrogens is 298 g/mol. The average Bonchev–Trinajstić information content (AvgIpc) is 3.21. The van der Waals surface area contributed by atoms with E-state index in [0.717, 1.165) is 11.6 Å². The number of hydrogen-bond donors (Lipinski definition) is 3. The summed E-state index contributed by atoms with van der Waals surface area (Å²) in [6, 6.07) is 9.06. The van der Waals surface area contributed by atoms with Crippen LogP contribution in [0, 0.1) is 0 Å². The number of carbonyl (C=O) groups excluding carboxylic acids is 1. The molecule has 3 rings (SSSR count). The monoisotopic (exact) mass is 311 g/mol. The zero-order valence-electron chi connectivity index (χ0n) is 11.9. The molecule has 0 aliphatic carbocycles. The number of H-pyrrole nitrogens is 1. The molecule has 0 saturated heterocycles. The summed E-state index contributed by atoms with van der Waals surface area (Å²) in [5, 5.41) is 22.5. The minimum atomic E-state index is -0.558. The molecule has 0 aliphatic heterocycles. The van der Waals surface area contributed by atoms with Gasteiger partial charge in [0, 0.05) is 18.2 Å². The number of anilines is 1. The van der Waals surface area contributed by atoms with Gasteiger partial charge >= 0.3 is 0 Å². The zero-order chi connectivity index (χ0) is 16.2. The van der Waals surface area contributed by atoms with Crippen molar-refractivity contribution in [3.63, 3.8) is 0 Å². The number of nitrogens with two attached hydrogens (primary N) is 1. The highest BCUT2D eigenvalue weighted by Gasteiger charge is 2.12. The third kappa shape index (κ3) is 3.43. The van der Waals surface area contributed by atoms with Gasteiger partial charge in [0.25, 0.3) is 0 Å². The van der Waals surface area contributed by atoms with Crippen molar-refractivity contribution in [1.82, 2.24) is 20.6 Å². The van der Waals surface area contributed by atoms with Crippen LogP contribution in [0.1, 0.15) is 27.5 Å². The van der Waals surface area contributed by atoms with Gasteiger partial charge in [-0.25, -0.2) is 0 Å². The van der Waals surface area contributed by atoms with Gasteiger partial charge in [-0.2, -0.15) is 5.21 Å². The molecule has 0 aliphatic rings. The molecule has 0 bridgehead atoms. The number of aromatic nitrogens is 4. The quantitative estimate of drug-likeness (QED) is 0.283. The highest BCUT2D eigenvalue weighted by atomic mass is 16.3. The standard InChI is InChI=1S/C15H13N5O3/c16-11-3-1-9(2-4-11)5-12-6-10(8-23-12)13(21)7-14(22)15-17-19-20-18-15/h1-4,6-8,21H,5,16H2,(H,17,18,19,20). The lowest BCUT2D eigenvalue weighted by Crippen LogP contribution is -1.99. The summed E-state index contributed by atoms with van der Waals surface area (Å²) < 4.78 is 5.40. The number of nitrogen functional groups attached to an aromatic ring is 1. The summed E-state index contributed by atoms with van der Waals surface area (Å²) in [6.45, 7) is 0. The lowest BCUT2D eigenvalue weighted by molar-refractivity contribution is 0.103. The van der Waals surface area contributed by atoms with Gasteiger partial charge < -0.3 is 15.3 Å². The second-order valence-electron chi connectivity index (χ2n) is 4.85. The first-order valence-corrected chi connectivity index (χ1v) is 6.72. The second kappa shape index (κ2) is 6.14. The summed E-state index contributed by atoms with van der Waals surface area (Å²) in [6.07, 6.45) is 2.94. The molecule has 0 atom stereocenters. The normalized spacial score (nSPS) is 11.6. The van der Waals surface area contributed by atoms with E-state index in [2.05, 4.69) is 20.6 Å². The summed E-state index contributed by atoms with van der Waals surface area (Å²) in [7, 11) is 0. The van der Waals surface area contributed by atoms with Crippen LogP contribution in [0.2, 0.25) is 0 Å². The maximum atomic E-state index is 11.8. The number of allylic oxidation sites excluding steroid dienone is 1. The van der Waals surface area contributed by atoms with Gasteiger partial charge in [0.05, 0.1) is 5.56 Å².